The van der Waals surface area contributed by atoms with Gasteiger partial charge in [-0.2, -0.15) is 0 Å². The van der Waals surface area contributed by atoms with Gasteiger partial charge in [-0.1, -0.05) is 0 Å². The summed E-state index contributed by atoms with van der Waals surface area (Å²) in [5.74, 6) is 0. The fourth-order valence-electron chi connectivity index (χ4n) is 2.04. The molecule has 16 heavy (non-hydrogen) atoms. The van der Waals surface area contributed by atoms with E-state index in [0.717, 1.165) is 26.1 Å². The van der Waals surface area contributed by atoms with Crippen LogP contribution < -0.4 is 5.73 Å². The van der Waals surface area contributed by atoms with Crippen LogP contribution in [0.25, 0.3) is 11.0 Å². The van der Waals surface area contributed by atoms with Crippen molar-refractivity contribution in [2.45, 2.75) is 26.4 Å². The second-order valence-corrected chi connectivity index (χ2v) is 4.58. The minimum absolute atomic E-state index is 0.734. The molecule has 1 aromatic carbocycles. The Bertz CT molecular complexity index is 539. The molecule has 1 aromatic heterocycles. The fraction of sp³-hybridized carbons (Fsp3) is 0.417. The van der Waals surface area contributed by atoms with Crippen LogP contribution in [0, 0.1) is 4.32 Å². The average Bonchev–Trinajstić information content (AvgIpc) is 2.58. The summed E-state index contributed by atoms with van der Waals surface area (Å²) < 4.78 is 5.80. The number of nitrogens with zero attached hydrogens (tertiary/aromatic N) is 2. The number of hydrogen-bond donors (Lipinski definition) is 1. The van der Waals surface area contributed by atoms with Crippen molar-refractivity contribution in [3.05, 3.63) is 28.6 Å². The van der Waals surface area contributed by atoms with Crippen molar-refractivity contribution >= 4 is 26.6 Å². The van der Waals surface area contributed by atoms with Crippen LogP contribution in [0.4, 0.5) is 0 Å². The third kappa shape index (κ3) is 1.88. The summed E-state index contributed by atoms with van der Waals surface area (Å²) in [6.07, 6.45) is 1.01. The predicted molar refractivity (Wildman–Crippen MR) is 68.3 cm³/mol. The van der Waals surface area contributed by atoms with Gasteiger partial charge >= 0.3 is 103 Å². The fourth-order valence-corrected chi connectivity index (χ4v) is 2.92. The summed E-state index contributed by atoms with van der Waals surface area (Å²) in [6, 6.07) is 8.50. The zero-order chi connectivity index (χ0) is 11.5. The van der Waals surface area contributed by atoms with Crippen LogP contribution in [-0.4, -0.2) is 31.3 Å². The van der Waals surface area contributed by atoms with Gasteiger partial charge < -0.3 is 0 Å². The zero-order valence-corrected chi connectivity index (χ0v) is 11.2. The molecule has 3 nitrogen and oxygen atoms in total. The van der Waals surface area contributed by atoms with Gasteiger partial charge in [-0.15, -0.1) is 0 Å². The summed E-state index contributed by atoms with van der Waals surface area (Å²) in [6.45, 7) is 4.86. The maximum absolute atomic E-state index is 5.58. The Morgan fingerprint density at radius 1 is 1.19 bits per heavy atom. The van der Waals surface area contributed by atoms with Crippen LogP contribution in [0.2, 0.25) is 0 Å². The molecule has 0 aliphatic heterocycles. The number of rotatable bonds is 4. The van der Waals surface area contributed by atoms with Gasteiger partial charge in [0, 0.05) is 0 Å². The molecule has 0 fully saturated rings. The topological polar surface area (TPSA) is 35.9 Å². The van der Waals surface area contributed by atoms with Crippen molar-refractivity contribution < 1.29 is 0 Å². The van der Waals surface area contributed by atoms with Crippen molar-refractivity contribution in [1.29, 1.82) is 0 Å². The van der Waals surface area contributed by atoms with Gasteiger partial charge in [-0.05, 0) is 0 Å². The van der Waals surface area contributed by atoms with Crippen LogP contribution in [-0.2, 0) is 13.1 Å². The predicted octanol–water partition coefficient (Wildman–Crippen LogP) is 1.51. The minimum atomic E-state index is 0.734. The van der Waals surface area contributed by atoms with Crippen molar-refractivity contribution in [1.82, 2.24) is 9.13 Å². The van der Waals surface area contributed by atoms with Crippen molar-refractivity contribution in [2.24, 2.45) is 5.73 Å². The molecule has 0 atom stereocenters. The van der Waals surface area contributed by atoms with Gasteiger partial charge in [0.25, 0.3) is 0 Å². The summed E-state index contributed by atoms with van der Waals surface area (Å²) >= 11 is 3.17. The van der Waals surface area contributed by atoms with E-state index >= 15 is 0 Å². The van der Waals surface area contributed by atoms with E-state index in [2.05, 4.69) is 55.9 Å². The van der Waals surface area contributed by atoms with Crippen molar-refractivity contribution in [3.8, 4) is 0 Å². The van der Waals surface area contributed by atoms with E-state index in [-0.39, 0.29) is 0 Å². The summed E-state index contributed by atoms with van der Waals surface area (Å²) in [4.78, 5) is 0. The number of imidazole rings is 1. The molecule has 0 saturated heterocycles. The first-order chi connectivity index (χ1) is 7.79. The zero-order valence-electron chi connectivity index (χ0n) is 9.52. The SMILES string of the molecule is CCn1c(=[Se])n(CCCN)c2ccccc21. The number of fused-ring (bicyclic) bond motifs is 1. The normalized spacial score (nSPS) is 11.1. The van der Waals surface area contributed by atoms with E-state index in [0.29, 0.717) is 0 Å². The Hall–Kier alpha value is -0.831. The number of aryl methyl sites for hydroxylation is 2. The molecule has 2 aromatic rings. The molecular weight excluding hydrogens is 265 g/mol. The first kappa shape index (κ1) is 11.6. The van der Waals surface area contributed by atoms with Crippen LogP contribution in [0.15, 0.2) is 24.3 Å². The molecule has 0 unspecified atom stereocenters. The van der Waals surface area contributed by atoms with E-state index in [4.69, 9.17) is 5.73 Å². The first-order valence-electron chi connectivity index (χ1n) is 5.67. The molecule has 0 aliphatic carbocycles. The molecule has 1 heterocycles. The molecule has 0 amide bonds. The molecule has 4 heteroatoms. The maximum atomic E-state index is 5.58. The molecule has 2 rings (SSSR count). The molecule has 0 saturated carbocycles. The van der Waals surface area contributed by atoms with E-state index in [9.17, 15) is 0 Å². The quantitative estimate of drug-likeness (QED) is 0.848. The van der Waals surface area contributed by atoms with E-state index in [1.54, 1.807) is 0 Å². The summed E-state index contributed by atoms with van der Waals surface area (Å²) in [5, 5.41) is 0. The van der Waals surface area contributed by atoms with Crippen molar-refractivity contribution in [2.75, 3.05) is 6.54 Å². The third-order valence-corrected chi connectivity index (χ3v) is 3.75. The Labute approximate surface area is 103 Å². The van der Waals surface area contributed by atoms with Gasteiger partial charge in [-0.25, -0.2) is 0 Å². The molecule has 0 aliphatic rings. The molecule has 2 N–H and O–H groups in total. The Morgan fingerprint density at radius 3 is 2.38 bits per heavy atom. The second-order valence-electron chi connectivity index (χ2n) is 3.81. The van der Waals surface area contributed by atoms with Gasteiger partial charge in [0.15, 0.2) is 0 Å². The van der Waals surface area contributed by atoms with Gasteiger partial charge in [-0.3, -0.25) is 0 Å². The number of para-hydroxylation sites is 2. The summed E-state index contributed by atoms with van der Waals surface area (Å²) in [7, 11) is 0. The van der Waals surface area contributed by atoms with Gasteiger partial charge in [0.05, 0.1) is 0 Å². The van der Waals surface area contributed by atoms with E-state index in [1.165, 1.54) is 15.4 Å². The number of hydrogen-bond acceptors (Lipinski definition) is 1. The van der Waals surface area contributed by atoms with Crippen molar-refractivity contribution in [3.63, 3.8) is 0 Å². The number of benzene rings is 1. The average molecular weight is 282 g/mol. The summed E-state index contributed by atoms with van der Waals surface area (Å²) in [5.41, 5.74) is 8.15. The van der Waals surface area contributed by atoms with Crippen LogP contribution >= 0.6 is 0 Å². The standard InChI is InChI=1S/C12H17N3Se/c1-2-14-10-6-3-4-7-11(10)15(12(14)16)9-5-8-13/h3-4,6-7H,2,5,8-9,13H2,1H3. The molecule has 0 spiro atoms. The second kappa shape index (κ2) is 5.00. The van der Waals surface area contributed by atoms with Gasteiger partial charge in [0.1, 0.15) is 0 Å². The van der Waals surface area contributed by atoms with Crippen LogP contribution in [0.5, 0.6) is 0 Å². The molecular formula is C12H17N3Se. The van der Waals surface area contributed by atoms with Gasteiger partial charge in [0.2, 0.25) is 0 Å². The number of aromatic nitrogens is 2. The first-order valence-corrected chi connectivity index (χ1v) is 6.53. The Balaban J connectivity index is 2.63. The van der Waals surface area contributed by atoms with Crippen LogP contribution in [0.1, 0.15) is 13.3 Å². The van der Waals surface area contributed by atoms with E-state index < -0.39 is 0 Å². The molecule has 0 bridgehead atoms. The monoisotopic (exact) mass is 283 g/mol. The van der Waals surface area contributed by atoms with E-state index in [1.807, 2.05) is 0 Å². The Kier molecular flexibility index (Phi) is 3.64. The number of nitrogens with two attached hydrogens (primary N) is 1. The molecule has 86 valence electrons. The molecule has 0 radical (unpaired) electrons. The Morgan fingerprint density at radius 2 is 1.81 bits per heavy atom. The van der Waals surface area contributed by atoms with Crippen LogP contribution in [0.3, 0.4) is 0 Å². The third-order valence-electron chi connectivity index (χ3n) is 2.83.